The van der Waals surface area contributed by atoms with Gasteiger partial charge in [-0.1, -0.05) is 29.8 Å². The quantitative estimate of drug-likeness (QED) is 0.705. The van der Waals surface area contributed by atoms with Gasteiger partial charge in [-0.15, -0.1) is 0 Å². The third-order valence-electron chi connectivity index (χ3n) is 6.80. The highest BCUT2D eigenvalue weighted by molar-refractivity contribution is 6.30. The summed E-state index contributed by atoms with van der Waals surface area (Å²) >= 11 is 6.22. The van der Waals surface area contributed by atoms with E-state index >= 15 is 0 Å². The number of methoxy groups -OCH3 is 1. The van der Waals surface area contributed by atoms with Crippen LogP contribution in [0.2, 0.25) is 5.02 Å². The van der Waals surface area contributed by atoms with Crippen molar-refractivity contribution in [3.63, 3.8) is 0 Å². The number of nitrogens with two attached hydrogens (primary N) is 1. The van der Waals surface area contributed by atoms with Crippen LogP contribution in [0, 0.1) is 0 Å². The van der Waals surface area contributed by atoms with Crippen LogP contribution in [0.3, 0.4) is 0 Å². The van der Waals surface area contributed by atoms with Gasteiger partial charge in [0, 0.05) is 41.8 Å². The van der Waals surface area contributed by atoms with Crippen LogP contribution in [0.25, 0.3) is 0 Å². The highest BCUT2D eigenvalue weighted by Crippen LogP contribution is 2.41. The Labute approximate surface area is 187 Å². The molecule has 1 heterocycles. The zero-order valence-electron chi connectivity index (χ0n) is 17.7. The molecule has 7 heteroatoms. The Hall–Kier alpha value is -2.57. The van der Waals surface area contributed by atoms with Gasteiger partial charge in [0.2, 0.25) is 0 Å². The van der Waals surface area contributed by atoms with Gasteiger partial charge in [-0.2, -0.15) is 0 Å². The first-order chi connectivity index (χ1) is 15.0. The number of anilines is 1. The Morgan fingerprint density at radius 1 is 1.16 bits per heavy atom. The number of ether oxygens (including phenoxy) is 1. The maximum atomic E-state index is 13.2. The zero-order chi connectivity index (χ0) is 22.0. The molecule has 31 heavy (non-hydrogen) atoms. The van der Waals surface area contributed by atoms with Gasteiger partial charge < -0.3 is 15.4 Å². The van der Waals surface area contributed by atoms with Crippen molar-refractivity contribution in [3.05, 3.63) is 64.7 Å². The average molecular weight is 442 g/mol. The lowest BCUT2D eigenvalue weighted by molar-refractivity contribution is 0.0600. The fourth-order valence-electron chi connectivity index (χ4n) is 4.95. The van der Waals surface area contributed by atoms with Crippen molar-refractivity contribution in [1.29, 1.82) is 0 Å². The van der Waals surface area contributed by atoms with Crippen LogP contribution < -0.4 is 10.6 Å². The molecule has 1 aliphatic carbocycles. The van der Waals surface area contributed by atoms with Crippen molar-refractivity contribution in [2.45, 2.75) is 37.1 Å². The molecule has 0 aromatic heterocycles. The molecule has 164 valence electrons. The molecule has 1 saturated heterocycles. The average Bonchev–Trinajstić information content (AvgIpc) is 3.20. The number of halogens is 1. The summed E-state index contributed by atoms with van der Waals surface area (Å²) in [6.45, 7) is 1.86. The van der Waals surface area contributed by atoms with Crippen LogP contribution in [0.15, 0.2) is 48.5 Å². The van der Waals surface area contributed by atoms with E-state index in [1.165, 1.54) is 12.7 Å². The van der Waals surface area contributed by atoms with E-state index in [9.17, 15) is 9.59 Å². The Bertz CT molecular complexity index is 972. The van der Waals surface area contributed by atoms with Crippen molar-refractivity contribution >= 4 is 29.3 Å². The van der Waals surface area contributed by atoms with Gasteiger partial charge in [0.1, 0.15) is 0 Å². The van der Waals surface area contributed by atoms with E-state index in [-0.39, 0.29) is 17.5 Å². The van der Waals surface area contributed by atoms with Crippen LogP contribution >= 0.6 is 11.6 Å². The molecular weight excluding hydrogens is 414 g/mol. The molecule has 0 bridgehead atoms. The topological polar surface area (TPSA) is 75.9 Å². The first-order valence-corrected chi connectivity index (χ1v) is 11.1. The van der Waals surface area contributed by atoms with Gasteiger partial charge in [-0.25, -0.2) is 9.59 Å². The number of carbonyl (C=O) groups excluding carboxylic acids is 2. The molecule has 2 fully saturated rings. The molecule has 2 aromatic carbocycles. The minimum Gasteiger partial charge on any atom is -0.465 e. The Balaban J connectivity index is 1.45. The van der Waals surface area contributed by atoms with E-state index in [0.29, 0.717) is 25.2 Å². The first kappa shape index (κ1) is 21.7. The molecule has 1 aliphatic heterocycles. The molecule has 2 amide bonds. The zero-order valence-corrected chi connectivity index (χ0v) is 18.5. The summed E-state index contributed by atoms with van der Waals surface area (Å²) in [5.41, 5.74) is 8.50. The van der Waals surface area contributed by atoms with E-state index in [1.807, 2.05) is 29.2 Å². The monoisotopic (exact) mass is 441 g/mol. The Kier molecular flexibility index (Phi) is 6.21. The fourth-order valence-corrected chi connectivity index (χ4v) is 5.14. The van der Waals surface area contributed by atoms with Gasteiger partial charge in [-0.3, -0.25) is 4.90 Å². The minimum absolute atomic E-state index is 0.00461. The number of esters is 1. The van der Waals surface area contributed by atoms with Gasteiger partial charge >= 0.3 is 12.0 Å². The van der Waals surface area contributed by atoms with Gasteiger partial charge in [0.25, 0.3) is 0 Å². The molecule has 0 atom stereocenters. The highest BCUT2D eigenvalue weighted by Gasteiger charge is 2.41. The predicted octanol–water partition coefficient (Wildman–Crippen LogP) is 4.21. The van der Waals surface area contributed by atoms with Crippen LogP contribution in [0.4, 0.5) is 10.5 Å². The van der Waals surface area contributed by atoms with E-state index in [0.717, 1.165) is 36.4 Å². The summed E-state index contributed by atoms with van der Waals surface area (Å²) in [4.78, 5) is 28.8. The molecule has 1 saturated carbocycles. The fraction of sp³-hybridized carbons (Fsp3) is 0.417. The summed E-state index contributed by atoms with van der Waals surface area (Å²) < 4.78 is 4.80. The number of hydrogen-bond donors (Lipinski definition) is 1. The first-order valence-electron chi connectivity index (χ1n) is 10.7. The van der Waals surface area contributed by atoms with Crippen molar-refractivity contribution in [1.82, 2.24) is 4.90 Å². The molecule has 0 unspecified atom stereocenters. The maximum absolute atomic E-state index is 13.2. The lowest BCUT2D eigenvalue weighted by Crippen LogP contribution is -2.46. The maximum Gasteiger partial charge on any atom is 0.337 e. The van der Waals surface area contributed by atoms with Crippen molar-refractivity contribution in [3.8, 4) is 0 Å². The van der Waals surface area contributed by atoms with Gasteiger partial charge in [0.05, 0.1) is 12.7 Å². The summed E-state index contributed by atoms with van der Waals surface area (Å²) in [5.74, 6) is -0.406. The van der Waals surface area contributed by atoms with E-state index < -0.39 is 5.97 Å². The van der Waals surface area contributed by atoms with E-state index in [4.69, 9.17) is 22.1 Å². The standard InChI is InChI=1S/C24H28ClN3O3/c1-31-22(29)17-4-2-7-21(14-17)28-13-12-27(23(28)30)20-8-10-24(16-26,11-9-20)18-5-3-6-19(25)15-18/h2-7,14-15,20H,8-13,16,26H2,1H3/t20-,24-. The third-order valence-corrected chi connectivity index (χ3v) is 7.04. The number of nitrogens with zero attached hydrogens (tertiary/aromatic N) is 2. The second-order valence-corrected chi connectivity index (χ2v) is 8.83. The van der Waals surface area contributed by atoms with E-state index in [1.54, 1.807) is 23.1 Å². The van der Waals surface area contributed by atoms with Crippen LogP contribution in [0.1, 0.15) is 41.6 Å². The number of benzene rings is 2. The van der Waals surface area contributed by atoms with Crippen LogP contribution in [0.5, 0.6) is 0 Å². The van der Waals surface area contributed by atoms with Crippen molar-refractivity contribution in [2.24, 2.45) is 5.73 Å². The second-order valence-electron chi connectivity index (χ2n) is 8.40. The summed E-state index contributed by atoms with van der Waals surface area (Å²) in [7, 11) is 1.35. The van der Waals surface area contributed by atoms with Gasteiger partial charge in [-0.05, 0) is 61.6 Å². The second kappa shape index (κ2) is 8.89. The number of amides is 2. The molecular formula is C24H28ClN3O3. The molecule has 2 N–H and O–H groups in total. The van der Waals surface area contributed by atoms with Gasteiger partial charge in [0.15, 0.2) is 0 Å². The summed E-state index contributed by atoms with van der Waals surface area (Å²) in [6, 6.07) is 15.2. The smallest absolute Gasteiger partial charge is 0.337 e. The number of carbonyl (C=O) groups is 2. The van der Waals surface area contributed by atoms with Crippen LogP contribution in [-0.2, 0) is 10.2 Å². The van der Waals surface area contributed by atoms with Crippen molar-refractivity contribution in [2.75, 3.05) is 31.6 Å². The molecule has 6 nitrogen and oxygen atoms in total. The molecule has 2 aromatic rings. The minimum atomic E-state index is -0.406. The van der Waals surface area contributed by atoms with Crippen LogP contribution in [-0.4, -0.2) is 49.7 Å². The largest absolute Gasteiger partial charge is 0.465 e. The number of urea groups is 1. The predicted molar refractivity (Wildman–Crippen MR) is 122 cm³/mol. The Morgan fingerprint density at radius 2 is 1.90 bits per heavy atom. The third kappa shape index (κ3) is 4.14. The number of rotatable bonds is 5. The molecule has 2 aliphatic rings. The SMILES string of the molecule is COC(=O)c1cccc(N2CCN([C@H]3CC[C@](CN)(c4cccc(Cl)c4)CC3)C2=O)c1. The molecule has 0 radical (unpaired) electrons. The normalized spacial score (nSPS) is 23.8. The van der Waals surface area contributed by atoms with Crippen molar-refractivity contribution < 1.29 is 14.3 Å². The highest BCUT2D eigenvalue weighted by atomic mass is 35.5. The van der Waals surface area contributed by atoms with E-state index in [2.05, 4.69) is 6.07 Å². The Morgan fingerprint density at radius 3 is 2.58 bits per heavy atom. The summed E-state index contributed by atoms with van der Waals surface area (Å²) in [5, 5.41) is 0.729. The lowest BCUT2D eigenvalue weighted by atomic mass is 9.68. The molecule has 0 spiro atoms. The lowest BCUT2D eigenvalue weighted by Gasteiger charge is -2.42. The summed E-state index contributed by atoms with van der Waals surface area (Å²) in [6.07, 6.45) is 3.67. The number of hydrogen-bond acceptors (Lipinski definition) is 4. The molecule has 4 rings (SSSR count).